The molecule has 0 aliphatic rings. The third-order valence-corrected chi connectivity index (χ3v) is 3.37. The Labute approximate surface area is 97.1 Å². The minimum absolute atomic E-state index is 0.0277. The van der Waals surface area contributed by atoms with Gasteiger partial charge in [0.15, 0.2) is 0 Å². The first-order chi connectivity index (χ1) is 7.64. The van der Waals surface area contributed by atoms with E-state index in [1.54, 1.807) is 12.1 Å². The Bertz CT molecular complexity index is 390. The molecule has 0 amide bonds. The molecule has 1 aromatic rings. The zero-order valence-electron chi connectivity index (χ0n) is 9.39. The van der Waals surface area contributed by atoms with E-state index in [1.807, 2.05) is 25.1 Å². The van der Waals surface area contributed by atoms with E-state index in [-0.39, 0.29) is 5.75 Å². The number of sulfonamides is 1. The lowest BCUT2D eigenvalue weighted by Crippen LogP contribution is -2.30. The second kappa shape index (κ2) is 6.62. The monoisotopic (exact) mass is 241 g/mol. The number of hydrogen-bond acceptors (Lipinski definition) is 2. The van der Waals surface area contributed by atoms with Crippen LogP contribution in [0.15, 0.2) is 30.3 Å². The van der Waals surface area contributed by atoms with Crippen molar-refractivity contribution < 1.29 is 8.42 Å². The molecule has 0 aromatic heterocycles. The summed E-state index contributed by atoms with van der Waals surface area (Å²) in [5, 5.41) is 4.05. The average Bonchev–Trinajstić information content (AvgIpc) is 2.25. The van der Waals surface area contributed by atoms with Crippen LogP contribution in [-0.4, -0.2) is 28.1 Å². The molecule has 1 rings (SSSR count). The van der Waals surface area contributed by atoms with Crippen molar-refractivity contribution in [1.29, 1.82) is 0 Å². The first-order valence-electron chi connectivity index (χ1n) is 5.28. The number of rotatable bonds is 7. The topological polar surface area (TPSA) is 60.3 Å². The molecule has 1 N–H and O–H groups in total. The zero-order chi connectivity index (χ0) is 11.9. The van der Waals surface area contributed by atoms with Crippen LogP contribution in [0, 0.1) is 0 Å². The van der Waals surface area contributed by atoms with Gasteiger partial charge in [-0.15, -0.1) is 0 Å². The molecule has 0 aliphatic carbocycles. The van der Waals surface area contributed by atoms with E-state index in [4.69, 9.17) is 0 Å². The van der Waals surface area contributed by atoms with Crippen molar-refractivity contribution >= 4 is 10.0 Å². The highest BCUT2D eigenvalue weighted by atomic mass is 32.2. The van der Waals surface area contributed by atoms with E-state index in [2.05, 4.69) is 10.0 Å². The third kappa shape index (κ3) is 5.25. The summed E-state index contributed by atoms with van der Waals surface area (Å²) in [6.45, 7) is 3.56. The Morgan fingerprint density at radius 3 is 2.56 bits per heavy atom. The summed E-state index contributed by atoms with van der Waals surface area (Å²) in [6.07, 6.45) is 0. The zero-order valence-corrected chi connectivity index (χ0v) is 10.2. The lowest BCUT2D eigenvalue weighted by atomic mass is 10.2. The predicted octanol–water partition coefficient (Wildman–Crippen LogP) is 0.730. The molecule has 0 fully saturated rings. The molecule has 0 heterocycles. The van der Waals surface area contributed by atoms with Gasteiger partial charge in [0.25, 0.3) is 0 Å². The van der Waals surface area contributed by atoms with Gasteiger partial charge < -0.3 is 0 Å². The summed E-state index contributed by atoms with van der Waals surface area (Å²) in [5.74, 6) is 0.0277. The van der Waals surface area contributed by atoms with Gasteiger partial charge in [-0.25, -0.2) is 18.5 Å². The highest BCUT2D eigenvalue weighted by Gasteiger charge is 2.09. The second-order valence-corrected chi connectivity index (χ2v) is 5.21. The molecular weight excluding hydrogens is 224 g/mol. The number of nitrogens with zero attached hydrogens (tertiary/aromatic N) is 1. The van der Waals surface area contributed by atoms with Crippen molar-refractivity contribution in [3.05, 3.63) is 35.9 Å². The third-order valence-electron chi connectivity index (χ3n) is 2.02. The van der Waals surface area contributed by atoms with Crippen molar-refractivity contribution in [2.24, 2.45) is 0 Å². The standard InChI is InChI=1S/C11H17N2O2S/c1-2-12-8-9-13-16(14,15)10-11-6-4-3-5-7-11/h3-7,13H,2,8-10H2,1H3. The van der Waals surface area contributed by atoms with Crippen LogP contribution in [0.25, 0.3) is 0 Å². The van der Waals surface area contributed by atoms with Gasteiger partial charge in [-0.1, -0.05) is 37.3 Å². The van der Waals surface area contributed by atoms with E-state index in [0.29, 0.717) is 13.1 Å². The summed E-state index contributed by atoms with van der Waals surface area (Å²) in [6, 6.07) is 9.13. The Balaban J connectivity index is 2.40. The fourth-order valence-corrected chi connectivity index (χ4v) is 2.42. The van der Waals surface area contributed by atoms with Gasteiger partial charge in [-0.05, 0) is 5.56 Å². The van der Waals surface area contributed by atoms with Gasteiger partial charge in [0.1, 0.15) is 0 Å². The molecule has 0 saturated carbocycles. The van der Waals surface area contributed by atoms with Crippen LogP contribution in [0.2, 0.25) is 0 Å². The Morgan fingerprint density at radius 2 is 1.94 bits per heavy atom. The molecule has 4 nitrogen and oxygen atoms in total. The van der Waals surface area contributed by atoms with Gasteiger partial charge in [-0.2, -0.15) is 0 Å². The second-order valence-electron chi connectivity index (χ2n) is 3.40. The highest BCUT2D eigenvalue weighted by molar-refractivity contribution is 7.88. The first kappa shape index (κ1) is 13.2. The molecule has 5 heteroatoms. The molecule has 0 bridgehead atoms. The SMILES string of the molecule is CC[N]CCNS(=O)(=O)Cc1ccccc1. The van der Waals surface area contributed by atoms with Crippen LogP contribution in [-0.2, 0) is 15.8 Å². The predicted molar refractivity (Wildman–Crippen MR) is 64.6 cm³/mol. The van der Waals surface area contributed by atoms with Crippen molar-refractivity contribution in [2.45, 2.75) is 12.7 Å². The molecule has 16 heavy (non-hydrogen) atoms. The first-order valence-corrected chi connectivity index (χ1v) is 6.94. The maximum atomic E-state index is 11.6. The van der Waals surface area contributed by atoms with E-state index < -0.39 is 10.0 Å². The maximum absolute atomic E-state index is 11.6. The molecule has 0 spiro atoms. The summed E-state index contributed by atoms with van der Waals surface area (Å²) in [7, 11) is -3.23. The minimum Gasteiger partial charge on any atom is -0.241 e. The van der Waals surface area contributed by atoms with Gasteiger partial charge in [-0.3, -0.25) is 0 Å². The van der Waals surface area contributed by atoms with E-state index in [9.17, 15) is 8.42 Å². The number of nitrogens with one attached hydrogen (secondary N) is 1. The van der Waals surface area contributed by atoms with Crippen LogP contribution >= 0.6 is 0 Å². The van der Waals surface area contributed by atoms with Crippen LogP contribution in [0.4, 0.5) is 0 Å². The molecular formula is C11H17N2O2S. The maximum Gasteiger partial charge on any atom is 0.215 e. The Hall–Kier alpha value is -0.910. The van der Waals surface area contributed by atoms with Crippen molar-refractivity contribution in [3.63, 3.8) is 0 Å². The van der Waals surface area contributed by atoms with Crippen molar-refractivity contribution in [1.82, 2.24) is 10.0 Å². The molecule has 0 aliphatic heterocycles. The lowest BCUT2D eigenvalue weighted by Gasteiger charge is -2.06. The molecule has 1 radical (unpaired) electrons. The smallest absolute Gasteiger partial charge is 0.215 e. The molecule has 0 atom stereocenters. The lowest BCUT2D eigenvalue weighted by molar-refractivity contribution is 0.575. The molecule has 0 unspecified atom stereocenters. The molecule has 89 valence electrons. The van der Waals surface area contributed by atoms with Crippen molar-refractivity contribution in [3.8, 4) is 0 Å². The molecule has 1 aromatic carbocycles. The van der Waals surface area contributed by atoms with Gasteiger partial charge >= 0.3 is 0 Å². The Kier molecular flexibility index (Phi) is 5.45. The van der Waals surface area contributed by atoms with Gasteiger partial charge in [0, 0.05) is 19.6 Å². The number of likely N-dealkylation sites (N-methyl/N-ethyl adjacent to an activating group) is 1. The molecule has 0 saturated heterocycles. The average molecular weight is 241 g/mol. The summed E-state index contributed by atoms with van der Waals surface area (Å²) < 4.78 is 25.7. The highest BCUT2D eigenvalue weighted by Crippen LogP contribution is 2.03. The van der Waals surface area contributed by atoms with E-state index in [0.717, 1.165) is 12.1 Å². The minimum atomic E-state index is -3.23. The summed E-state index contributed by atoms with van der Waals surface area (Å²) in [4.78, 5) is 0. The normalized spacial score (nSPS) is 11.6. The summed E-state index contributed by atoms with van der Waals surface area (Å²) in [5.41, 5.74) is 0.794. The van der Waals surface area contributed by atoms with Crippen LogP contribution in [0.3, 0.4) is 0 Å². The number of benzene rings is 1. The summed E-state index contributed by atoms with van der Waals surface area (Å²) >= 11 is 0. The largest absolute Gasteiger partial charge is 0.241 e. The van der Waals surface area contributed by atoms with Crippen molar-refractivity contribution in [2.75, 3.05) is 19.6 Å². The fourth-order valence-electron chi connectivity index (χ4n) is 1.28. The number of hydrogen-bond donors (Lipinski definition) is 1. The Morgan fingerprint density at radius 1 is 1.25 bits per heavy atom. The van der Waals surface area contributed by atoms with E-state index >= 15 is 0 Å². The van der Waals surface area contributed by atoms with Gasteiger partial charge in [0.05, 0.1) is 5.75 Å². The quantitative estimate of drug-likeness (QED) is 0.715. The van der Waals surface area contributed by atoms with Gasteiger partial charge in [0.2, 0.25) is 10.0 Å². The van der Waals surface area contributed by atoms with Crippen LogP contribution < -0.4 is 10.0 Å². The fraction of sp³-hybridized carbons (Fsp3) is 0.455. The van der Waals surface area contributed by atoms with E-state index in [1.165, 1.54) is 0 Å². The van der Waals surface area contributed by atoms with Crippen LogP contribution in [0.1, 0.15) is 12.5 Å². The van der Waals surface area contributed by atoms with Crippen LogP contribution in [0.5, 0.6) is 0 Å².